The van der Waals surface area contributed by atoms with E-state index < -0.39 is 0 Å². The van der Waals surface area contributed by atoms with Gasteiger partial charge in [0.15, 0.2) is 5.78 Å². The van der Waals surface area contributed by atoms with Crippen LogP contribution >= 0.6 is 0 Å². The first kappa shape index (κ1) is 12.2. The van der Waals surface area contributed by atoms with E-state index in [1.54, 1.807) is 0 Å². The average molecular weight is 206 g/mol. The van der Waals surface area contributed by atoms with Crippen LogP contribution in [0.25, 0.3) is 0 Å². The van der Waals surface area contributed by atoms with Gasteiger partial charge in [-0.3, -0.25) is 4.79 Å². The molecule has 2 aromatic rings. The number of benzene rings is 2. The van der Waals surface area contributed by atoms with Crippen molar-refractivity contribution in [3.05, 3.63) is 71.8 Å². The Morgan fingerprint density at radius 1 is 0.733 bits per heavy atom. The second kappa shape index (κ2) is 5.86. The average Bonchev–Trinajstić information content (AvgIpc) is 2.30. The molecule has 0 spiro atoms. The molecule has 0 atom stereocenters. The minimum atomic E-state index is 0. The summed E-state index contributed by atoms with van der Waals surface area (Å²) in [5.41, 5.74) is 1.47. The Hall–Kier alpha value is -0.890. The third-order valence-electron chi connectivity index (χ3n) is 2.07. The van der Waals surface area contributed by atoms with Gasteiger partial charge in [-0.05, 0) is 0 Å². The molecule has 0 unspecified atom stereocenters. The van der Waals surface area contributed by atoms with Gasteiger partial charge < -0.3 is 1.43 Å². The van der Waals surface area contributed by atoms with Crippen LogP contribution in [0.5, 0.6) is 0 Å². The molecule has 0 bridgehead atoms. The van der Waals surface area contributed by atoms with E-state index in [-0.39, 0.29) is 36.8 Å². The molecule has 0 aromatic heterocycles. The van der Waals surface area contributed by atoms with E-state index in [1.807, 2.05) is 60.7 Å². The zero-order chi connectivity index (χ0) is 9.80. The molecule has 0 N–H and O–H groups in total. The van der Waals surface area contributed by atoms with Crippen LogP contribution in [0.15, 0.2) is 60.7 Å². The molecule has 0 aliphatic heterocycles. The molecule has 0 fully saturated rings. The maximum Gasteiger partial charge on any atom is 1.00 e. The summed E-state index contributed by atoms with van der Waals surface area (Å²) in [6, 6.07) is 18.6. The molecule has 0 aliphatic rings. The van der Waals surface area contributed by atoms with Crippen LogP contribution in [0.1, 0.15) is 17.3 Å². The second-order valence-corrected chi connectivity index (χ2v) is 3.06. The first-order valence-corrected chi connectivity index (χ1v) is 4.53. The quantitative estimate of drug-likeness (QED) is 0.500. The van der Waals surface area contributed by atoms with Gasteiger partial charge in [-0.25, -0.2) is 0 Å². The van der Waals surface area contributed by atoms with Gasteiger partial charge in [-0.15, -0.1) is 0 Å². The Morgan fingerprint density at radius 3 is 1.40 bits per heavy atom. The van der Waals surface area contributed by atoms with Gasteiger partial charge in [0.05, 0.1) is 0 Å². The summed E-state index contributed by atoms with van der Waals surface area (Å²) in [6.45, 7) is 0. The van der Waals surface area contributed by atoms with Crippen molar-refractivity contribution < 1.29 is 35.8 Å². The third-order valence-corrected chi connectivity index (χ3v) is 2.07. The first-order valence-electron chi connectivity index (χ1n) is 4.53. The Kier molecular flexibility index (Phi) is 4.76. The Morgan fingerprint density at radius 2 is 1.07 bits per heavy atom. The smallest absolute Gasteiger partial charge is 1.00 e. The Labute approximate surface area is 113 Å². The number of hydrogen-bond donors (Lipinski definition) is 0. The zero-order valence-corrected chi connectivity index (χ0v) is 10.7. The molecule has 0 saturated heterocycles. The van der Waals surface area contributed by atoms with Gasteiger partial charge in [0.25, 0.3) is 0 Å². The molecule has 2 rings (SSSR count). The number of hydrogen-bond acceptors (Lipinski definition) is 1. The number of rotatable bonds is 2. The topological polar surface area (TPSA) is 17.1 Å². The fourth-order valence-electron chi connectivity index (χ4n) is 1.35. The number of ketones is 1. The van der Waals surface area contributed by atoms with Crippen molar-refractivity contribution in [3.63, 3.8) is 0 Å². The number of carbonyl (C=O) groups excluding carboxylic acids is 1. The van der Waals surface area contributed by atoms with E-state index in [0.717, 1.165) is 11.1 Å². The van der Waals surface area contributed by atoms with Gasteiger partial charge in [-0.2, -0.15) is 0 Å². The summed E-state index contributed by atoms with van der Waals surface area (Å²) in [7, 11) is 0. The van der Waals surface area contributed by atoms with Gasteiger partial charge in [0.1, 0.15) is 0 Å². The minimum absolute atomic E-state index is 0. The Balaban J connectivity index is 0.00000112. The molecule has 15 heavy (non-hydrogen) atoms. The molecule has 2 aromatic carbocycles. The van der Waals surface area contributed by atoms with E-state index in [4.69, 9.17) is 0 Å². The summed E-state index contributed by atoms with van der Waals surface area (Å²) in [5.74, 6) is 0.0752. The molecule has 70 valence electrons. The standard InChI is InChI=1S/C13H10O.Na.H/c14-13(11-7-3-1-4-8-11)12-9-5-2-6-10-12;;/h1-10H;;/q;+1;-1. The molecule has 2 heteroatoms. The third kappa shape index (κ3) is 3.03. The molecule has 1 nitrogen and oxygen atoms in total. The fourth-order valence-corrected chi connectivity index (χ4v) is 1.35. The predicted octanol–water partition coefficient (Wildman–Crippen LogP) is 0.0341. The minimum Gasteiger partial charge on any atom is -1.00 e. The van der Waals surface area contributed by atoms with Crippen molar-refractivity contribution in [1.82, 2.24) is 0 Å². The largest absolute Gasteiger partial charge is 1.00 e. The van der Waals surface area contributed by atoms with E-state index in [1.165, 1.54) is 0 Å². The van der Waals surface area contributed by atoms with Gasteiger partial charge >= 0.3 is 29.6 Å². The summed E-state index contributed by atoms with van der Waals surface area (Å²) in [5, 5.41) is 0. The molecule has 0 radical (unpaired) electrons. The Bertz CT molecular complexity index is 387. The van der Waals surface area contributed by atoms with Crippen molar-refractivity contribution in [3.8, 4) is 0 Å². The van der Waals surface area contributed by atoms with Crippen LogP contribution in [0, 0.1) is 0 Å². The van der Waals surface area contributed by atoms with Crippen LogP contribution in [-0.2, 0) is 0 Å². The van der Waals surface area contributed by atoms with Crippen LogP contribution in [-0.4, -0.2) is 5.78 Å². The van der Waals surface area contributed by atoms with Crippen LogP contribution in [0.2, 0.25) is 0 Å². The maximum absolute atomic E-state index is 11.8. The summed E-state index contributed by atoms with van der Waals surface area (Å²) >= 11 is 0. The molecule has 0 amide bonds. The van der Waals surface area contributed by atoms with Gasteiger partial charge in [0.2, 0.25) is 0 Å². The van der Waals surface area contributed by atoms with Crippen molar-refractivity contribution in [2.75, 3.05) is 0 Å². The summed E-state index contributed by atoms with van der Waals surface area (Å²) < 4.78 is 0. The summed E-state index contributed by atoms with van der Waals surface area (Å²) in [6.07, 6.45) is 0. The van der Waals surface area contributed by atoms with Crippen LogP contribution in [0.4, 0.5) is 0 Å². The van der Waals surface area contributed by atoms with Crippen molar-refractivity contribution in [2.24, 2.45) is 0 Å². The van der Waals surface area contributed by atoms with Gasteiger partial charge in [-0.1, -0.05) is 60.7 Å². The fraction of sp³-hybridized carbons (Fsp3) is 0. The SMILES string of the molecule is O=C(c1ccccc1)c1ccccc1.[H-].[Na+]. The molecular formula is C13H11NaO. The molecule has 0 saturated carbocycles. The predicted molar refractivity (Wildman–Crippen MR) is 57.4 cm³/mol. The number of carbonyl (C=O) groups is 1. The van der Waals surface area contributed by atoms with E-state index in [9.17, 15) is 4.79 Å². The zero-order valence-electron chi connectivity index (χ0n) is 9.68. The van der Waals surface area contributed by atoms with E-state index >= 15 is 0 Å². The van der Waals surface area contributed by atoms with Gasteiger partial charge in [0, 0.05) is 11.1 Å². The van der Waals surface area contributed by atoms with E-state index in [0.29, 0.717) is 0 Å². The van der Waals surface area contributed by atoms with Crippen molar-refractivity contribution >= 4 is 5.78 Å². The molecule has 0 aliphatic carbocycles. The first-order chi connectivity index (χ1) is 6.88. The maximum atomic E-state index is 11.8. The monoisotopic (exact) mass is 206 g/mol. The van der Waals surface area contributed by atoms with Crippen LogP contribution in [0.3, 0.4) is 0 Å². The van der Waals surface area contributed by atoms with E-state index in [2.05, 4.69) is 0 Å². The normalized spacial score (nSPS) is 9.07. The molecule has 0 heterocycles. The van der Waals surface area contributed by atoms with Crippen molar-refractivity contribution in [1.29, 1.82) is 0 Å². The summed E-state index contributed by atoms with van der Waals surface area (Å²) in [4.78, 5) is 11.8. The van der Waals surface area contributed by atoms with Crippen LogP contribution < -0.4 is 29.6 Å². The second-order valence-electron chi connectivity index (χ2n) is 3.06. The molecular weight excluding hydrogens is 195 g/mol. The van der Waals surface area contributed by atoms with Crippen molar-refractivity contribution in [2.45, 2.75) is 0 Å².